The molecular weight excluding hydrogens is 396 g/mol. The standard InChI is InChI=1S/C25H28O4S/c1-4-29-25(26)23-17(3)21-9-6-8-20(15-18-7-5-10-22(23)24(18)21)30(27,28)19-13-11-16(2)12-14-19/h5,7,10-14,20,23H,4,6,8-9,15H2,1-3H3. The van der Waals surface area contributed by atoms with E-state index in [1.165, 1.54) is 5.57 Å². The first-order chi connectivity index (χ1) is 14.3. The highest BCUT2D eigenvalue weighted by Gasteiger charge is 2.38. The van der Waals surface area contributed by atoms with Crippen molar-refractivity contribution < 1.29 is 17.9 Å². The van der Waals surface area contributed by atoms with Gasteiger partial charge >= 0.3 is 5.97 Å². The molecule has 0 aromatic heterocycles. The van der Waals surface area contributed by atoms with Crippen LogP contribution in [0.2, 0.25) is 0 Å². The van der Waals surface area contributed by atoms with Gasteiger partial charge in [-0.1, -0.05) is 41.5 Å². The van der Waals surface area contributed by atoms with Crippen LogP contribution < -0.4 is 0 Å². The molecule has 2 aromatic carbocycles. The highest BCUT2D eigenvalue weighted by Crippen LogP contribution is 2.47. The summed E-state index contributed by atoms with van der Waals surface area (Å²) in [6, 6.07) is 13.1. The average molecular weight is 425 g/mol. The second kappa shape index (κ2) is 8.03. The van der Waals surface area contributed by atoms with Crippen LogP contribution in [-0.4, -0.2) is 26.2 Å². The maximum absolute atomic E-state index is 13.4. The maximum atomic E-state index is 13.4. The van der Waals surface area contributed by atoms with Gasteiger partial charge in [0.25, 0.3) is 0 Å². The van der Waals surface area contributed by atoms with Gasteiger partial charge < -0.3 is 4.74 Å². The first-order valence-electron chi connectivity index (χ1n) is 10.6. The lowest BCUT2D eigenvalue weighted by Gasteiger charge is -2.23. The molecule has 4 rings (SSSR count). The van der Waals surface area contributed by atoms with Crippen LogP contribution in [0.25, 0.3) is 5.57 Å². The first-order valence-corrected chi connectivity index (χ1v) is 12.2. The molecule has 158 valence electrons. The van der Waals surface area contributed by atoms with Crippen molar-refractivity contribution in [2.75, 3.05) is 6.61 Å². The van der Waals surface area contributed by atoms with Crippen molar-refractivity contribution in [3.63, 3.8) is 0 Å². The molecule has 0 amide bonds. The first kappa shape index (κ1) is 20.9. The molecule has 0 saturated carbocycles. The molecule has 5 heteroatoms. The van der Waals surface area contributed by atoms with Gasteiger partial charge in [-0.15, -0.1) is 0 Å². The molecule has 0 aliphatic heterocycles. The van der Waals surface area contributed by atoms with E-state index in [0.717, 1.165) is 40.7 Å². The van der Waals surface area contributed by atoms with E-state index >= 15 is 0 Å². The Morgan fingerprint density at radius 2 is 1.83 bits per heavy atom. The number of esters is 1. The molecule has 0 spiro atoms. The predicted octanol–water partition coefficient (Wildman–Crippen LogP) is 5.00. The third-order valence-electron chi connectivity index (χ3n) is 6.42. The Morgan fingerprint density at radius 3 is 2.53 bits per heavy atom. The van der Waals surface area contributed by atoms with E-state index in [1.807, 2.05) is 51.1 Å². The van der Waals surface area contributed by atoms with E-state index < -0.39 is 15.1 Å². The van der Waals surface area contributed by atoms with Gasteiger partial charge in [-0.3, -0.25) is 4.79 Å². The number of rotatable bonds is 4. The van der Waals surface area contributed by atoms with Crippen LogP contribution in [-0.2, 0) is 25.8 Å². The lowest BCUT2D eigenvalue weighted by atomic mass is 9.88. The van der Waals surface area contributed by atoms with Crippen molar-refractivity contribution in [1.29, 1.82) is 0 Å². The molecule has 2 aliphatic rings. The predicted molar refractivity (Wildman–Crippen MR) is 118 cm³/mol. The van der Waals surface area contributed by atoms with Crippen LogP contribution in [0.4, 0.5) is 0 Å². The van der Waals surface area contributed by atoms with E-state index in [-0.39, 0.29) is 11.9 Å². The van der Waals surface area contributed by atoms with Gasteiger partial charge in [-0.25, -0.2) is 8.42 Å². The van der Waals surface area contributed by atoms with Gasteiger partial charge in [0.2, 0.25) is 0 Å². The van der Waals surface area contributed by atoms with Gasteiger partial charge in [0.1, 0.15) is 5.92 Å². The Balaban J connectivity index is 1.75. The monoisotopic (exact) mass is 424 g/mol. The summed E-state index contributed by atoms with van der Waals surface area (Å²) in [5.41, 5.74) is 6.36. The Kier molecular flexibility index (Phi) is 5.58. The summed E-state index contributed by atoms with van der Waals surface area (Å²) in [6.07, 6.45) is 2.64. The molecule has 0 bridgehead atoms. The van der Waals surface area contributed by atoms with E-state index in [1.54, 1.807) is 12.1 Å². The molecule has 2 aliphatic carbocycles. The number of allylic oxidation sites excluding steroid dienone is 1. The minimum Gasteiger partial charge on any atom is -0.465 e. The second-order valence-electron chi connectivity index (χ2n) is 8.30. The van der Waals surface area contributed by atoms with Crippen LogP contribution >= 0.6 is 0 Å². The Labute approximate surface area is 178 Å². The number of hydrogen-bond donors (Lipinski definition) is 0. The smallest absolute Gasteiger partial charge is 0.317 e. The SMILES string of the molecule is CCOC(=O)C1C(C)=C2CCCC(S(=O)(=O)c3ccc(C)cc3)Cc3cccc1c32. The fourth-order valence-corrected chi connectivity index (χ4v) is 6.67. The average Bonchev–Trinajstić information content (AvgIpc) is 2.97. The number of ether oxygens (including phenoxy) is 1. The molecule has 0 fully saturated rings. The molecule has 0 heterocycles. The number of hydrogen-bond acceptors (Lipinski definition) is 4. The summed E-state index contributed by atoms with van der Waals surface area (Å²) in [5.74, 6) is -0.591. The van der Waals surface area contributed by atoms with Crippen molar-refractivity contribution >= 4 is 21.4 Å². The third-order valence-corrected chi connectivity index (χ3v) is 8.63. The van der Waals surface area contributed by atoms with Crippen LogP contribution in [0.15, 0.2) is 52.9 Å². The summed E-state index contributed by atoms with van der Waals surface area (Å²) < 4.78 is 32.1. The Hall–Kier alpha value is -2.40. The number of carbonyl (C=O) groups is 1. The Bertz CT molecular complexity index is 1110. The van der Waals surface area contributed by atoms with Crippen molar-refractivity contribution in [1.82, 2.24) is 0 Å². The van der Waals surface area contributed by atoms with Crippen molar-refractivity contribution in [3.05, 3.63) is 70.3 Å². The topological polar surface area (TPSA) is 60.4 Å². The largest absolute Gasteiger partial charge is 0.465 e. The zero-order valence-corrected chi connectivity index (χ0v) is 18.6. The summed E-state index contributed by atoms with van der Waals surface area (Å²) in [5, 5.41) is -0.463. The summed E-state index contributed by atoms with van der Waals surface area (Å²) in [4.78, 5) is 13.1. The zero-order valence-electron chi connectivity index (χ0n) is 17.8. The molecule has 2 unspecified atom stereocenters. The number of carbonyl (C=O) groups excluding carboxylic acids is 1. The van der Waals surface area contributed by atoms with Crippen LogP contribution in [0, 0.1) is 6.92 Å². The lowest BCUT2D eigenvalue weighted by molar-refractivity contribution is -0.143. The number of aryl methyl sites for hydroxylation is 1. The highest BCUT2D eigenvalue weighted by molar-refractivity contribution is 7.92. The van der Waals surface area contributed by atoms with E-state index in [2.05, 4.69) is 0 Å². The van der Waals surface area contributed by atoms with Gasteiger partial charge in [-0.05, 0) is 80.9 Å². The van der Waals surface area contributed by atoms with Crippen molar-refractivity contribution in [3.8, 4) is 0 Å². The van der Waals surface area contributed by atoms with Crippen LogP contribution in [0.1, 0.15) is 61.3 Å². The lowest BCUT2D eigenvalue weighted by Crippen LogP contribution is -2.26. The molecule has 2 aromatic rings. The molecule has 0 radical (unpaired) electrons. The van der Waals surface area contributed by atoms with E-state index in [0.29, 0.717) is 24.3 Å². The summed E-state index contributed by atoms with van der Waals surface area (Å²) >= 11 is 0. The summed E-state index contributed by atoms with van der Waals surface area (Å²) in [6.45, 7) is 6.14. The Morgan fingerprint density at radius 1 is 1.10 bits per heavy atom. The minimum absolute atomic E-state index is 0.216. The number of sulfone groups is 1. The fraction of sp³-hybridized carbons (Fsp3) is 0.400. The quantitative estimate of drug-likeness (QED) is 0.648. The molecule has 0 N–H and O–H groups in total. The third kappa shape index (κ3) is 3.49. The second-order valence-corrected chi connectivity index (χ2v) is 10.5. The molecule has 30 heavy (non-hydrogen) atoms. The molecular formula is C25H28O4S. The van der Waals surface area contributed by atoms with E-state index in [4.69, 9.17) is 4.74 Å². The van der Waals surface area contributed by atoms with Gasteiger partial charge in [0.15, 0.2) is 9.84 Å². The highest BCUT2D eigenvalue weighted by atomic mass is 32.2. The maximum Gasteiger partial charge on any atom is 0.317 e. The van der Waals surface area contributed by atoms with Gasteiger partial charge in [0.05, 0.1) is 16.8 Å². The molecule has 4 nitrogen and oxygen atoms in total. The van der Waals surface area contributed by atoms with Gasteiger partial charge in [-0.2, -0.15) is 0 Å². The molecule has 0 saturated heterocycles. The summed E-state index contributed by atoms with van der Waals surface area (Å²) in [7, 11) is -3.43. The zero-order chi connectivity index (χ0) is 21.5. The fourth-order valence-electron chi connectivity index (χ4n) is 4.89. The minimum atomic E-state index is -3.43. The van der Waals surface area contributed by atoms with Crippen LogP contribution in [0.5, 0.6) is 0 Å². The van der Waals surface area contributed by atoms with E-state index in [9.17, 15) is 13.2 Å². The molecule has 2 atom stereocenters. The van der Waals surface area contributed by atoms with Crippen LogP contribution in [0.3, 0.4) is 0 Å². The van der Waals surface area contributed by atoms with Crippen molar-refractivity contribution in [2.24, 2.45) is 0 Å². The number of benzene rings is 2. The normalized spacial score (nSPS) is 21.0. The van der Waals surface area contributed by atoms with Gasteiger partial charge in [0, 0.05) is 0 Å². The van der Waals surface area contributed by atoms with Crippen molar-refractivity contribution in [2.45, 2.75) is 62.5 Å².